The van der Waals surface area contributed by atoms with Gasteiger partial charge in [0.05, 0.1) is 0 Å². The van der Waals surface area contributed by atoms with Crippen LogP contribution in [-0.2, 0) is 6.42 Å². The lowest BCUT2D eigenvalue weighted by atomic mass is 10.0. The van der Waals surface area contributed by atoms with E-state index in [1.807, 2.05) is 23.9 Å². The molecule has 2 rings (SSSR count). The van der Waals surface area contributed by atoms with Crippen molar-refractivity contribution in [1.82, 2.24) is 5.43 Å². The first kappa shape index (κ1) is 12.2. The molecule has 1 aliphatic heterocycles. The van der Waals surface area contributed by atoms with Gasteiger partial charge < -0.3 is 0 Å². The summed E-state index contributed by atoms with van der Waals surface area (Å²) in [6, 6.07) is 8.39. The molecule has 4 heteroatoms. The number of rotatable bonds is 4. The van der Waals surface area contributed by atoms with Gasteiger partial charge in [-0.05, 0) is 42.7 Å². The van der Waals surface area contributed by atoms with Gasteiger partial charge in [0.1, 0.15) is 0 Å². The van der Waals surface area contributed by atoms with Crippen LogP contribution in [0.3, 0.4) is 0 Å². The Kier molecular flexibility index (Phi) is 4.53. The second-order valence-electron chi connectivity index (χ2n) is 4.16. The Hall–Kier alpha value is -0.220. The van der Waals surface area contributed by atoms with Crippen LogP contribution >= 0.6 is 23.4 Å². The van der Waals surface area contributed by atoms with E-state index in [4.69, 9.17) is 17.4 Å². The normalized spacial score (nSPS) is 22.2. The number of hydrogen-bond acceptors (Lipinski definition) is 3. The number of nitrogens with one attached hydrogen (secondary N) is 1. The zero-order valence-electron chi connectivity index (χ0n) is 9.16. The topological polar surface area (TPSA) is 38.0 Å². The van der Waals surface area contributed by atoms with Crippen LogP contribution in [0.25, 0.3) is 0 Å². The molecular weight excluding hydrogens is 240 g/mol. The zero-order chi connectivity index (χ0) is 11.4. The third kappa shape index (κ3) is 3.14. The minimum atomic E-state index is 0.369. The van der Waals surface area contributed by atoms with Gasteiger partial charge in [0.15, 0.2) is 0 Å². The first-order chi connectivity index (χ1) is 7.79. The monoisotopic (exact) mass is 256 g/mol. The van der Waals surface area contributed by atoms with Gasteiger partial charge in [-0.2, -0.15) is 11.8 Å². The lowest BCUT2D eigenvalue weighted by Crippen LogP contribution is -2.43. The standard InChI is InChI=1S/C12H17ClN2S/c13-10-5-3-9(4-6-10)8-11(15-14)12-2-1-7-16-12/h3-6,11-12,15H,1-2,7-8,14H2. The Morgan fingerprint density at radius 2 is 2.19 bits per heavy atom. The summed E-state index contributed by atoms with van der Waals surface area (Å²) >= 11 is 7.89. The van der Waals surface area contributed by atoms with Crippen molar-refractivity contribution in [3.8, 4) is 0 Å². The molecule has 2 nitrogen and oxygen atoms in total. The molecule has 0 saturated carbocycles. The van der Waals surface area contributed by atoms with E-state index in [0.717, 1.165) is 11.4 Å². The average molecular weight is 257 g/mol. The SMILES string of the molecule is NNC(Cc1ccc(Cl)cc1)C1CCCS1. The summed E-state index contributed by atoms with van der Waals surface area (Å²) in [4.78, 5) is 0. The smallest absolute Gasteiger partial charge is 0.0406 e. The number of hydrazine groups is 1. The molecule has 3 N–H and O–H groups in total. The highest BCUT2D eigenvalue weighted by Gasteiger charge is 2.24. The van der Waals surface area contributed by atoms with Gasteiger partial charge in [-0.25, -0.2) is 0 Å². The molecule has 0 spiro atoms. The molecule has 2 unspecified atom stereocenters. The van der Waals surface area contributed by atoms with Gasteiger partial charge in [0.25, 0.3) is 0 Å². The van der Waals surface area contributed by atoms with Crippen molar-refractivity contribution in [2.45, 2.75) is 30.6 Å². The minimum absolute atomic E-state index is 0.369. The molecule has 1 aliphatic rings. The van der Waals surface area contributed by atoms with Crippen LogP contribution in [0.4, 0.5) is 0 Å². The van der Waals surface area contributed by atoms with Gasteiger partial charge in [0, 0.05) is 16.3 Å². The molecule has 16 heavy (non-hydrogen) atoms. The Balaban J connectivity index is 1.97. The average Bonchev–Trinajstić information content (AvgIpc) is 2.82. The summed E-state index contributed by atoms with van der Waals surface area (Å²) < 4.78 is 0. The number of halogens is 1. The highest BCUT2D eigenvalue weighted by Crippen LogP contribution is 2.29. The van der Waals surface area contributed by atoms with Crippen LogP contribution in [0.5, 0.6) is 0 Å². The zero-order valence-corrected chi connectivity index (χ0v) is 10.7. The van der Waals surface area contributed by atoms with Crippen molar-refractivity contribution < 1.29 is 0 Å². The second kappa shape index (κ2) is 5.92. The van der Waals surface area contributed by atoms with E-state index in [2.05, 4.69) is 17.6 Å². The van der Waals surface area contributed by atoms with E-state index in [9.17, 15) is 0 Å². The molecular formula is C12H17ClN2S. The predicted molar refractivity (Wildman–Crippen MR) is 71.7 cm³/mol. The number of benzene rings is 1. The van der Waals surface area contributed by atoms with Crippen molar-refractivity contribution in [2.24, 2.45) is 5.84 Å². The van der Waals surface area contributed by atoms with Crippen LogP contribution in [0, 0.1) is 0 Å². The Labute approximate surface area is 106 Å². The van der Waals surface area contributed by atoms with Gasteiger partial charge in [-0.1, -0.05) is 23.7 Å². The summed E-state index contributed by atoms with van der Waals surface area (Å²) in [5, 5.41) is 1.44. The molecule has 1 aromatic carbocycles. The summed E-state index contributed by atoms with van der Waals surface area (Å²) in [5.41, 5.74) is 4.24. The van der Waals surface area contributed by atoms with E-state index < -0.39 is 0 Å². The quantitative estimate of drug-likeness (QED) is 0.643. The Bertz CT molecular complexity index is 322. The molecule has 1 aromatic rings. The van der Waals surface area contributed by atoms with Gasteiger partial charge in [-0.3, -0.25) is 11.3 Å². The third-order valence-electron chi connectivity index (χ3n) is 3.00. The Morgan fingerprint density at radius 3 is 2.75 bits per heavy atom. The van der Waals surface area contributed by atoms with E-state index in [1.165, 1.54) is 24.2 Å². The first-order valence-electron chi connectivity index (χ1n) is 5.62. The molecule has 0 bridgehead atoms. The van der Waals surface area contributed by atoms with E-state index in [0.29, 0.717) is 11.3 Å². The van der Waals surface area contributed by atoms with Crippen LogP contribution in [-0.4, -0.2) is 17.0 Å². The van der Waals surface area contributed by atoms with Gasteiger partial charge in [-0.15, -0.1) is 0 Å². The summed E-state index contributed by atoms with van der Waals surface area (Å²) in [7, 11) is 0. The molecule has 1 saturated heterocycles. The van der Waals surface area contributed by atoms with Gasteiger partial charge in [0.2, 0.25) is 0 Å². The van der Waals surface area contributed by atoms with Crippen molar-refractivity contribution in [2.75, 3.05) is 5.75 Å². The largest absolute Gasteiger partial charge is 0.271 e. The van der Waals surface area contributed by atoms with E-state index >= 15 is 0 Å². The highest BCUT2D eigenvalue weighted by atomic mass is 35.5. The van der Waals surface area contributed by atoms with E-state index in [-0.39, 0.29) is 0 Å². The molecule has 1 heterocycles. The highest BCUT2D eigenvalue weighted by molar-refractivity contribution is 8.00. The van der Waals surface area contributed by atoms with E-state index in [1.54, 1.807) is 0 Å². The van der Waals surface area contributed by atoms with Crippen LogP contribution in [0.2, 0.25) is 5.02 Å². The van der Waals surface area contributed by atoms with Crippen molar-refractivity contribution >= 4 is 23.4 Å². The van der Waals surface area contributed by atoms with Crippen LogP contribution < -0.4 is 11.3 Å². The van der Waals surface area contributed by atoms with Gasteiger partial charge >= 0.3 is 0 Å². The maximum atomic E-state index is 5.86. The summed E-state index contributed by atoms with van der Waals surface area (Å²) in [6.45, 7) is 0. The number of hydrogen-bond donors (Lipinski definition) is 2. The molecule has 0 aliphatic carbocycles. The fraction of sp³-hybridized carbons (Fsp3) is 0.500. The molecule has 2 atom stereocenters. The number of thioether (sulfide) groups is 1. The molecule has 0 radical (unpaired) electrons. The maximum absolute atomic E-state index is 5.86. The molecule has 0 amide bonds. The van der Waals surface area contributed by atoms with Crippen LogP contribution in [0.15, 0.2) is 24.3 Å². The predicted octanol–water partition coefficient (Wildman–Crippen LogP) is 2.61. The van der Waals surface area contributed by atoms with Crippen molar-refractivity contribution in [1.29, 1.82) is 0 Å². The lowest BCUT2D eigenvalue weighted by molar-refractivity contribution is 0.496. The summed E-state index contributed by atoms with van der Waals surface area (Å²) in [6.07, 6.45) is 3.56. The second-order valence-corrected chi connectivity index (χ2v) is 5.94. The fourth-order valence-corrected chi connectivity index (χ4v) is 3.59. The van der Waals surface area contributed by atoms with Crippen molar-refractivity contribution in [3.63, 3.8) is 0 Å². The van der Waals surface area contributed by atoms with Crippen LogP contribution in [0.1, 0.15) is 18.4 Å². The molecule has 88 valence electrons. The first-order valence-corrected chi connectivity index (χ1v) is 7.04. The van der Waals surface area contributed by atoms with Crippen molar-refractivity contribution in [3.05, 3.63) is 34.9 Å². The minimum Gasteiger partial charge on any atom is -0.271 e. The molecule has 1 fully saturated rings. The maximum Gasteiger partial charge on any atom is 0.0406 e. The fourth-order valence-electron chi connectivity index (χ4n) is 2.09. The third-order valence-corrected chi connectivity index (χ3v) is 4.77. The Morgan fingerprint density at radius 1 is 1.44 bits per heavy atom. The summed E-state index contributed by atoms with van der Waals surface area (Å²) in [5.74, 6) is 6.91. The molecule has 0 aromatic heterocycles. The number of nitrogens with two attached hydrogens (primary N) is 1. The lowest BCUT2D eigenvalue weighted by Gasteiger charge is -2.21.